The van der Waals surface area contributed by atoms with E-state index < -0.39 is 0 Å². The molecular formula is C19H22N2O5. The van der Waals surface area contributed by atoms with Crippen molar-refractivity contribution in [2.75, 3.05) is 38.8 Å². The van der Waals surface area contributed by atoms with Crippen LogP contribution >= 0.6 is 0 Å². The Bertz CT molecular complexity index is 848. The SMILES string of the molecule is COc1ccccc1N1CCN(C(=O)c2cc(=O)c(OC)co2)[C@@H](C)C1. The van der Waals surface area contributed by atoms with Crippen molar-refractivity contribution in [3.05, 3.63) is 52.6 Å². The molecule has 0 radical (unpaired) electrons. The second-order valence-electron chi connectivity index (χ2n) is 6.14. The van der Waals surface area contributed by atoms with E-state index in [1.165, 1.54) is 19.4 Å². The van der Waals surface area contributed by atoms with E-state index in [9.17, 15) is 9.59 Å². The fourth-order valence-corrected chi connectivity index (χ4v) is 3.17. The van der Waals surface area contributed by atoms with Gasteiger partial charge in [0.15, 0.2) is 5.76 Å². The molecule has 0 saturated carbocycles. The summed E-state index contributed by atoms with van der Waals surface area (Å²) in [5.74, 6) is 0.613. The number of carbonyl (C=O) groups is 1. The van der Waals surface area contributed by atoms with E-state index >= 15 is 0 Å². The molecule has 26 heavy (non-hydrogen) atoms. The largest absolute Gasteiger partial charge is 0.495 e. The molecule has 7 nitrogen and oxygen atoms in total. The van der Waals surface area contributed by atoms with Gasteiger partial charge in [-0.1, -0.05) is 12.1 Å². The van der Waals surface area contributed by atoms with Crippen LogP contribution in [0.4, 0.5) is 5.69 Å². The zero-order chi connectivity index (χ0) is 18.7. The Morgan fingerprint density at radius 3 is 2.54 bits per heavy atom. The lowest BCUT2D eigenvalue weighted by Gasteiger charge is -2.41. The predicted octanol–water partition coefficient (Wildman–Crippen LogP) is 2.01. The minimum Gasteiger partial charge on any atom is -0.495 e. The van der Waals surface area contributed by atoms with Crippen molar-refractivity contribution in [1.29, 1.82) is 0 Å². The van der Waals surface area contributed by atoms with Crippen LogP contribution in [-0.4, -0.2) is 50.7 Å². The van der Waals surface area contributed by atoms with Gasteiger partial charge in [-0.05, 0) is 19.1 Å². The first-order chi connectivity index (χ1) is 12.5. The summed E-state index contributed by atoms with van der Waals surface area (Å²) in [6.07, 6.45) is 1.17. The van der Waals surface area contributed by atoms with Crippen LogP contribution in [0.15, 0.2) is 45.8 Å². The monoisotopic (exact) mass is 358 g/mol. The number of piperazine rings is 1. The maximum absolute atomic E-state index is 12.7. The number of hydrogen-bond donors (Lipinski definition) is 0. The molecule has 1 aliphatic heterocycles. The molecule has 1 aromatic carbocycles. The van der Waals surface area contributed by atoms with E-state index in [2.05, 4.69) is 4.90 Å². The molecule has 1 aromatic heterocycles. The number of ether oxygens (including phenoxy) is 2. The Labute approximate surface area is 151 Å². The second-order valence-corrected chi connectivity index (χ2v) is 6.14. The topological polar surface area (TPSA) is 72.2 Å². The summed E-state index contributed by atoms with van der Waals surface area (Å²) in [7, 11) is 3.03. The van der Waals surface area contributed by atoms with Crippen LogP contribution < -0.4 is 19.8 Å². The first-order valence-corrected chi connectivity index (χ1v) is 8.41. The summed E-state index contributed by atoms with van der Waals surface area (Å²) in [5.41, 5.74) is 0.632. The lowest BCUT2D eigenvalue weighted by molar-refractivity contribution is 0.0638. The van der Waals surface area contributed by atoms with Gasteiger partial charge in [0.05, 0.1) is 19.9 Å². The number of rotatable bonds is 4. The fraction of sp³-hybridized carbons (Fsp3) is 0.368. The molecule has 1 aliphatic rings. The van der Waals surface area contributed by atoms with Gasteiger partial charge in [-0.15, -0.1) is 0 Å². The van der Waals surface area contributed by atoms with Gasteiger partial charge in [0.1, 0.15) is 12.0 Å². The summed E-state index contributed by atoms with van der Waals surface area (Å²) in [6, 6.07) is 8.95. The van der Waals surface area contributed by atoms with E-state index in [0.29, 0.717) is 19.6 Å². The van der Waals surface area contributed by atoms with Gasteiger partial charge >= 0.3 is 0 Å². The Morgan fingerprint density at radius 1 is 1.15 bits per heavy atom. The zero-order valence-electron chi connectivity index (χ0n) is 15.1. The van der Waals surface area contributed by atoms with Crippen molar-refractivity contribution in [3.63, 3.8) is 0 Å². The van der Waals surface area contributed by atoms with E-state index in [-0.39, 0.29) is 28.9 Å². The van der Waals surface area contributed by atoms with Crippen molar-refractivity contribution >= 4 is 11.6 Å². The van der Waals surface area contributed by atoms with Gasteiger partial charge in [-0.3, -0.25) is 9.59 Å². The molecule has 0 spiro atoms. The number of methoxy groups -OCH3 is 2. The second kappa shape index (κ2) is 7.51. The number of anilines is 1. The molecule has 0 aliphatic carbocycles. The number of hydrogen-bond acceptors (Lipinski definition) is 6. The van der Waals surface area contributed by atoms with Crippen molar-refractivity contribution < 1.29 is 18.7 Å². The molecular weight excluding hydrogens is 336 g/mol. The van der Waals surface area contributed by atoms with Crippen LogP contribution in [0.1, 0.15) is 17.5 Å². The Kier molecular flexibility index (Phi) is 5.16. The number of amides is 1. The highest BCUT2D eigenvalue weighted by atomic mass is 16.5. The molecule has 1 atom stereocenters. The maximum Gasteiger partial charge on any atom is 0.290 e. The average molecular weight is 358 g/mol. The van der Waals surface area contributed by atoms with Crippen LogP contribution in [0.3, 0.4) is 0 Å². The van der Waals surface area contributed by atoms with Crippen LogP contribution in [-0.2, 0) is 0 Å². The average Bonchev–Trinajstić information content (AvgIpc) is 2.67. The number of carbonyl (C=O) groups excluding carboxylic acids is 1. The van der Waals surface area contributed by atoms with Crippen molar-refractivity contribution in [3.8, 4) is 11.5 Å². The molecule has 0 bridgehead atoms. The molecule has 0 N–H and O–H groups in total. The third-order valence-electron chi connectivity index (χ3n) is 4.54. The first-order valence-electron chi connectivity index (χ1n) is 8.41. The van der Waals surface area contributed by atoms with E-state index in [1.54, 1.807) is 12.0 Å². The van der Waals surface area contributed by atoms with Gasteiger partial charge in [-0.25, -0.2) is 0 Å². The van der Waals surface area contributed by atoms with Gasteiger partial charge in [0, 0.05) is 31.7 Å². The third-order valence-corrected chi connectivity index (χ3v) is 4.54. The van der Waals surface area contributed by atoms with Gasteiger partial charge < -0.3 is 23.7 Å². The van der Waals surface area contributed by atoms with Crippen LogP contribution in [0.5, 0.6) is 11.5 Å². The predicted molar refractivity (Wildman–Crippen MR) is 97.2 cm³/mol. The minimum atomic E-state index is -0.373. The maximum atomic E-state index is 12.7. The number of para-hydroxylation sites is 2. The Balaban J connectivity index is 1.75. The molecule has 1 fully saturated rings. The van der Waals surface area contributed by atoms with E-state index in [1.807, 2.05) is 31.2 Å². The number of benzene rings is 1. The van der Waals surface area contributed by atoms with E-state index in [4.69, 9.17) is 13.9 Å². The molecule has 138 valence electrons. The summed E-state index contributed by atoms with van der Waals surface area (Å²) in [6.45, 7) is 3.82. The molecule has 2 aromatic rings. The Hall–Kier alpha value is -2.96. The quantitative estimate of drug-likeness (QED) is 0.833. The third kappa shape index (κ3) is 3.37. The zero-order valence-corrected chi connectivity index (χ0v) is 15.1. The van der Waals surface area contributed by atoms with Gasteiger partial charge in [0.2, 0.25) is 11.2 Å². The van der Waals surface area contributed by atoms with Gasteiger partial charge in [-0.2, -0.15) is 0 Å². The van der Waals surface area contributed by atoms with Crippen molar-refractivity contribution in [2.45, 2.75) is 13.0 Å². The summed E-state index contributed by atoms with van der Waals surface area (Å²) < 4.78 is 15.6. The molecule has 1 saturated heterocycles. The molecule has 0 unspecified atom stereocenters. The van der Waals surface area contributed by atoms with Gasteiger partial charge in [0.25, 0.3) is 5.91 Å². The summed E-state index contributed by atoms with van der Waals surface area (Å²) >= 11 is 0. The molecule has 3 rings (SSSR count). The lowest BCUT2D eigenvalue weighted by atomic mass is 10.1. The van der Waals surface area contributed by atoms with Crippen LogP contribution in [0.2, 0.25) is 0 Å². The van der Waals surface area contributed by atoms with E-state index in [0.717, 1.165) is 11.4 Å². The van der Waals surface area contributed by atoms with Crippen LogP contribution in [0.25, 0.3) is 0 Å². The molecule has 2 heterocycles. The van der Waals surface area contributed by atoms with Crippen molar-refractivity contribution in [2.24, 2.45) is 0 Å². The molecule has 7 heteroatoms. The smallest absolute Gasteiger partial charge is 0.290 e. The normalized spacial score (nSPS) is 17.1. The Morgan fingerprint density at radius 2 is 1.88 bits per heavy atom. The standard InChI is InChI=1S/C19H22N2O5/c1-13-11-20(14-6-4-5-7-16(14)24-2)8-9-21(13)19(23)17-10-15(22)18(25-3)12-26-17/h4-7,10,12-13H,8-9,11H2,1-3H3/t13-/m0/s1. The van der Waals surface area contributed by atoms with Crippen LogP contribution in [0, 0.1) is 0 Å². The first kappa shape index (κ1) is 17.8. The number of nitrogens with zero attached hydrogens (tertiary/aromatic N) is 2. The highest BCUT2D eigenvalue weighted by Crippen LogP contribution is 2.29. The highest BCUT2D eigenvalue weighted by Gasteiger charge is 2.30. The fourth-order valence-electron chi connectivity index (χ4n) is 3.17. The summed E-state index contributed by atoms with van der Waals surface area (Å²) in [5, 5.41) is 0. The van der Waals surface area contributed by atoms with Crippen molar-refractivity contribution in [1.82, 2.24) is 4.90 Å². The minimum absolute atomic E-state index is 0.0217. The highest BCUT2D eigenvalue weighted by molar-refractivity contribution is 5.91. The lowest BCUT2D eigenvalue weighted by Crippen LogP contribution is -2.54. The molecule has 1 amide bonds. The summed E-state index contributed by atoms with van der Waals surface area (Å²) in [4.78, 5) is 28.5.